The molecule has 0 spiro atoms. The maximum absolute atomic E-state index is 12.5. The minimum Gasteiger partial charge on any atom is -0.496 e. The Kier molecular flexibility index (Phi) is 6.59. The van der Waals surface area contributed by atoms with Crippen molar-refractivity contribution in [1.29, 1.82) is 0 Å². The van der Waals surface area contributed by atoms with Crippen LogP contribution in [0.1, 0.15) is 0 Å². The fraction of sp³-hybridized carbons (Fsp3) is 0.500. The van der Waals surface area contributed by atoms with Crippen LogP contribution in [-0.2, 0) is 10.0 Å². The van der Waals surface area contributed by atoms with Crippen molar-refractivity contribution in [2.45, 2.75) is 10.4 Å². The highest BCUT2D eigenvalue weighted by Crippen LogP contribution is 2.35. The maximum atomic E-state index is 12.5. The zero-order chi connectivity index (χ0) is 17.0. The SMILES string of the molecule is COc1cc(S(=O)(=O)NC(CO)(CO)CO)c(OC)cc1Br. The van der Waals surface area contributed by atoms with Gasteiger partial charge in [-0.3, -0.25) is 0 Å². The molecule has 4 N–H and O–H groups in total. The van der Waals surface area contributed by atoms with Gasteiger partial charge in [0.1, 0.15) is 21.9 Å². The summed E-state index contributed by atoms with van der Waals surface area (Å²) in [5.74, 6) is 0.284. The molecule has 126 valence electrons. The average molecular weight is 400 g/mol. The van der Waals surface area contributed by atoms with Crippen molar-refractivity contribution in [2.75, 3.05) is 34.0 Å². The van der Waals surface area contributed by atoms with Crippen LogP contribution in [0.3, 0.4) is 0 Å². The molecule has 10 heteroatoms. The van der Waals surface area contributed by atoms with Crippen LogP contribution < -0.4 is 14.2 Å². The lowest BCUT2D eigenvalue weighted by Gasteiger charge is -2.28. The minimum absolute atomic E-state index is 0.0305. The Labute approximate surface area is 136 Å². The topological polar surface area (TPSA) is 125 Å². The molecule has 0 aromatic heterocycles. The Balaban J connectivity index is 3.39. The standard InChI is InChI=1S/C12H18BrNO7S/c1-20-9-4-11(10(21-2)3-8(9)13)22(18,19)14-12(5-15,6-16)7-17/h3-4,14-17H,5-7H2,1-2H3. The van der Waals surface area contributed by atoms with E-state index in [2.05, 4.69) is 20.7 Å². The Bertz CT molecular complexity index is 608. The lowest BCUT2D eigenvalue weighted by molar-refractivity contribution is 0.0581. The van der Waals surface area contributed by atoms with Crippen LogP contribution in [-0.4, -0.2) is 63.3 Å². The van der Waals surface area contributed by atoms with E-state index in [0.717, 1.165) is 0 Å². The molecule has 0 saturated carbocycles. The van der Waals surface area contributed by atoms with E-state index in [1.165, 1.54) is 26.4 Å². The summed E-state index contributed by atoms with van der Waals surface area (Å²) < 4.78 is 37.6. The highest BCUT2D eigenvalue weighted by Gasteiger charge is 2.35. The average Bonchev–Trinajstić information content (AvgIpc) is 2.52. The van der Waals surface area contributed by atoms with Crippen LogP contribution >= 0.6 is 15.9 Å². The molecule has 0 fully saturated rings. The van der Waals surface area contributed by atoms with E-state index >= 15 is 0 Å². The summed E-state index contributed by atoms with van der Waals surface area (Å²) in [4.78, 5) is -0.255. The zero-order valence-electron chi connectivity index (χ0n) is 12.0. The molecule has 22 heavy (non-hydrogen) atoms. The molecule has 8 nitrogen and oxygen atoms in total. The third kappa shape index (κ3) is 3.89. The lowest BCUT2D eigenvalue weighted by Crippen LogP contribution is -2.56. The number of aliphatic hydroxyl groups is 3. The molecule has 1 aromatic rings. The highest BCUT2D eigenvalue weighted by molar-refractivity contribution is 9.10. The van der Waals surface area contributed by atoms with Gasteiger partial charge in [0.25, 0.3) is 0 Å². The molecular weight excluding hydrogens is 382 g/mol. The van der Waals surface area contributed by atoms with Crippen molar-refractivity contribution in [1.82, 2.24) is 4.72 Å². The first-order valence-electron chi connectivity index (χ1n) is 6.07. The van der Waals surface area contributed by atoms with Gasteiger partial charge in [0.2, 0.25) is 10.0 Å². The molecule has 0 radical (unpaired) electrons. The molecule has 0 aliphatic carbocycles. The molecule has 0 bridgehead atoms. The Hall–Kier alpha value is -0.910. The molecule has 0 aliphatic heterocycles. The number of hydrogen-bond acceptors (Lipinski definition) is 7. The summed E-state index contributed by atoms with van der Waals surface area (Å²) in [5, 5.41) is 27.7. The summed E-state index contributed by atoms with van der Waals surface area (Å²) in [6.45, 7) is -2.35. The Morgan fingerprint density at radius 2 is 1.59 bits per heavy atom. The van der Waals surface area contributed by atoms with Crippen LogP contribution in [0, 0.1) is 0 Å². The number of hydrogen-bond donors (Lipinski definition) is 4. The minimum atomic E-state index is -4.20. The third-order valence-electron chi connectivity index (χ3n) is 2.99. The number of nitrogens with one attached hydrogen (secondary N) is 1. The maximum Gasteiger partial charge on any atom is 0.245 e. The summed E-state index contributed by atoms with van der Waals surface area (Å²) in [6.07, 6.45) is 0. The second-order valence-electron chi connectivity index (χ2n) is 4.50. The number of halogens is 1. The van der Waals surface area contributed by atoms with E-state index in [1.807, 2.05) is 0 Å². The first-order chi connectivity index (χ1) is 10.3. The smallest absolute Gasteiger partial charge is 0.245 e. The molecule has 0 saturated heterocycles. The Morgan fingerprint density at radius 1 is 1.09 bits per heavy atom. The largest absolute Gasteiger partial charge is 0.496 e. The number of rotatable bonds is 8. The van der Waals surface area contributed by atoms with Gasteiger partial charge in [-0.15, -0.1) is 0 Å². The van der Waals surface area contributed by atoms with Gasteiger partial charge in [0.05, 0.1) is 38.5 Å². The fourth-order valence-electron chi connectivity index (χ4n) is 1.63. The van der Waals surface area contributed by atoms with Gasteiger partial charge in [-0.2, -0.15) is 4.72 Å². The summed E-state index contributed by atoms with van der Waals surface area (Å²) in [5.41, 5.74) is -1.79. The summed E-state index contributed by atoms with van der Waals surface area (Å²) in [7, 11) is -1.54. The molecule has 0 heterocycles. The molecule has 1 aromatic carbocycles. The van der Waals surface area contributed by atoms with E-state index < -0.39 is 35.4 Å². The van der Waals surface area contributed by atoms with Crippen molar-refractivity contribution >= 4 is 26.0 Å². The van der Waals surface area contributed by atoms with E-state index in [1.54, 1.807) is 0 Å². The van der Waals surface area contributed by atoms with Crippen LogP contribution in [0.2, 0.25) is 0 Å². The number of benzene rings is 1. The third-order valence-corrected chi connectivity index (χ3v) is 5.21. The predicted octanol–water partition coefficient (Wildman–Crippen LogP) is -0.540. The first kappa shape index (κ1) is 19.1. The van der Waals surface area contributed by atoms with Crippen LogP contribution in [0.5, 0.6) is 11.5 Å². The quantitative estimate of drug-likeness (QED) is 0.462. The molecule has 0 amide bonds. The van der Waals surface area contributed by atoms with E-state index in [-0.39, 0.29) is 16.4 Å². The van der Waals surface area contributed by atoms with Crippen molar-refractivity contribution in [3.05, 3.63) is 16.6 Å². The first-order valence-corrected chi connectivity index (χ1v) is 8.35. The molecule has 0 atom stereocenters. The van der Waals surface area contributed by atoms with E-state index in [9.17, 15) is 23.7 Å². The number of methoxy groups -OCH3 is 2. The number of aliphatic hydroxyl groups excluding tert-OH is 3. The van der Waals surface area contributed by atoms with Crippen molar-refractivity contribution in [3.8, 4) is 11.5 Å². The van der Waals surface area contributed by atoms with Gasteiger partial charge in [-0.25, -0.2) is 8.42 Å². The van der Waals surface area contributed by atoms with Gasteiger partial charge >= 0.3 is 0 Å². The second-order valence-corrected chi connectivity index (χ2v) is 7.00. The van der Waals surface area contributed by atoms with Crippen LogP contribution in [0.25, 0.3) is 0 Å². The van der Waals surface area contributed by atoms with Gasteiger partial charge < -0.3 is 24.8 Å². The zero-order valence-corrected chi connectivity index (χ0v) is 14.4. The van der Waals surface area contributed by atoms with Crippen molar-refractivity contribution in [2.24, 2.45) is 0 Å². The highest BCUT2D eigenvalue weighted by atomic mass is 79.9. The second kappa shape index (κ2) is 7.57. The van der Waals surface area contributed by atoms with Crippen molar-refractivity contribution in [3.63, 3.8) is 0 Å². The number of ether oxygens (including phenoxy) is 2. The van der Waals surface area contributed by atoms with Gasteiger partial charge in [-0.1, -0.05) is 0 Å². The predicted molar refractivity (Wildman–Crippen MR) is 81.6 cm³/mol. The van der Waals surface area contributed by atoms with Crippen molar-refractivity contribution < 1.29 is 33.2 Å². The van der Waals surface area contributed by atoms with Gasteiger partial charge in [0.15, 0.2) is 0 Å². The molecular formula is C12H18BrNO7S. The molecule has 0 unspecified atom stereocenters. The lowest BCUT2D eigenvalue weighted by atomic mass is 10.1. The monoisotopic (exact) mass is 399 g/mol. The Morgan fingerprint density at radius 3 is 2.00 bits per heavy atom. The molecule has 0 aliphatic rings. The van der Waals surface area contributed by atoms with E-state index in [4.69, 9.17) is 9.47 Å². The fourth-order valence-corrected chi connectivity index (χ4v) is 3.66. The number of sulfonamides is 1. The van der Waals surface area contributed by atoms with Gasteiger partial charge in [-0.05, 0) is 22.0 Å². The molecule has 1 rings (SSSR count). The summed E-state index contributed by atoms with van der Waals surface area (Å²) in [6, 6.07) is 2.63. The normalized spacial score (nSPS) is 12.3. The van der Waals surface area contributed by atoms with Crippen LogP contribution in [0.15, 0.2) is 21.5 Å². The van der Waals surface area contributed by atoms with Gasteiger partial charge in [0, 0.05) is 6.07 Å². The summed E-state index contributed by atoms with van der Waals surface area (Å²) >= 11 is 3.21. The van der Waals surface area contributed by atoms with Crippen LogP contribution in [0.4, 0.5) is 0 Å². The van der Waals surface area contributed by atoms with E-state index in [0.29, 0.717) is 4.47 Å².